The molecule has 1 unspecified atom stereocenters. The number of aromatic nitrogens is 1. The van der Waals surface area contributed by atoms with Crippen molar-refractivity contribution in [2.24, 2.45) is 5.10 Å². The first-order valence-electron chi connectivity index (χ1n) is 11.3. The van der Waals surface area contributed by atoms with E-state index in [1.165, 1.54) is 23.3 Å². The number of hydrazone groups is 1. The van der Waals surface area contributed by atoms with Gasteiger partial charge in [-0.2, -0.15) is 5.10 Å². The summed E-state index contributed by atoms with van der Waals surface area (Å²) in [5.74, 6) is -0.582. The van der Waals surface area contributed by atoms with Crippen LogP contribution in [-0.4, -0.2) is 28.4 Å². The fraction of sp³-hybridized carbons (Fsp3) is 0.269. The Kier molecular flexibility index (Phi) is 7.07. The van der Waals surface area contributed by atoms with Crippen molar-refractivity contribution in [3.05, 3.63) is 64.5 Å². The minimum absolute atomic E-state index is 0.0782. The van der Waals surface area contributed by atoms with E-state index in [0.717, 1.165) is 27.9 Å². The highest BCUT2D eigenvalue weighted by molar-refractivity contribution is 7.14. The predicted octanol–water partition coefficient (Wildman–Crippen LogP) is 4.75. The highest BCUT2D eigenvalue weighted by atomic mass is 32.1. The van der Waals surface area contributed by atoms with Gasteiger partial charge in [0.15, 0.2) is 5.13 Å². The highest BCUT2D eigenvalue weighted by Gasteiger charge is 2.27. The van der Waals surface area contributed by atoms with E-state index in [1.54, 1.807) is 0 Å². The summed E-state index contributed by atoms with van der Waals surface area (Å²) in [7, 11) is 0. The molecule has 1 aromatic heterocycles. The van der Waals surface area contributed by atoms with Crippen LogP contribution in [0, 0.1) is 13.8 Å². The first-order valence-corrected chi connectivity index (χ1v) is 12.2. The minimum atomic E-state index is -0.367. The second-order valence-corrected chi connectivity index (χ2v) is 9.44. The number of thiazole rings is 1. The van der Waals surface area contributed by atoms with Crippen LogP contribution in [-0.2, 0) is 14.4 Å². The van der Waals surface area contributed by atoms with Crippen LogP contribution in [0.1, 0.15) is 49.4 Å². The molecule has 180 valence electrons. The summed E-state index contributed by atoms with van der Waals surface area (Å²) in [5, 5.41) is 13.7. The summed E-state index contributed by atoms with van der Waals surface area (Å²) in [6.45, 7) is 7.28. The van der Waals surface area contributed by atoms with Gasteiger partial charge in [-0.1, -0.05) is 36.4 Å². The van der Waals surface area contributed by atoms with Gasteiger partial charge in [-0.05, 0) is 43.5 Å². The topological polar surface area (TPSA) is 104 Å². The number of carbonyl (C=O) groups is 3. The summed E-state index contributed by atoms with van der Waals surface area (Å²) >= 11 is 1.32. The van der Waals surface area contributed by atoms with Crippen molar-refractivity contribution >= 4 is 45.6 Å². The van der Waals surface area contributed by atoms with Gasteiger partial charge in [0.2, 0.25) is 11.8 Å². The monoisotopic (exact) mass is 489 g/mol. The van der Waals surface area contributed by atoms with E-state index in [9.17, 15) is 14.4 Å². The maximum atomic E-state index is 12.9. The van der Waals surface area contributed by atoms with Crippen molar-refractivity contribution in [1.29, 1.82) is 0 Å². The van der Waals surface area contributed by atoms with Crippen molar-refractivity contribution in [2.45, 2.75) is 46.6 Å². The third kappa shape index (κ3) is 5.63. The maximum absolute atomic E-state index is 12.9. The van der Waals surface area contributed by atoms with E-state index in [-0.39, 0.29) is 36.6 Å². The van der Waals surface area contributed by atoms with Gasteiger partial charge < -0.3 is 5.32 Å². The van der Waals surface area contributed by atoms with Gasteiger partial charge in [0.25, 0.3) is 5.91 Å². The molecular weight excluding hydrogens is 462 g/mol. The van der Waals surface area contributed by atoms with Crippen LogP contribution in [0.15, 0.2) is 52.9 Å². The summed E-state index contributed by atoms with van der Waals surface area (Å²) in [6, 6.07) is 13.5. The molecule has 1 aliphatic rings. The third-order valence-corrected chi connectivity index (χ3v) is 6.50. The van der Waals surface area contributed by atoms with Crippen molar-refractivity contribution in [1.82, 2.24) is 10.3 Å². The van der Waals surface area contributed by atoms with Crippen LogP contribution in [0.5, 0.6) is 0 Å². The fourth-order valence-electron chi connectivity index (χ4n) is 3.82. The van der Waals surface area contributed by atoms with E-state index in [4.69, 9.17) is 0 Å². The number of hydrogen-bond acceptors (Lipinski definition) is 6. The predicted molar refractivity (Wildman–Crippen MR) is 138 cm³/mol. The Bertz CT molecular complexity index is 1310. The quantitative estimate of drug-likeness (QED) is 0.522. The number of benzene rings is 2. The number of nitrogens with zero attached hydrogens (tertiary/aromatic N) is 3. The number of aryl methyl sites for hydroxylation is 2. The molecule has 0 saturated heterocycles. The number of nitrogens with one attached hydrogen (secondary N) is 2. The van der Waals surface area contributed by atoms with E-state index in [0.29, 0.717) is 16.5 Å². The standard InChI is InChI=1S/C26H27N5O3S/c1-15-5-6-16(2)23(13-15)31-24(33)12-11-21(30-31)25(34)29-26-28-22(14-35-26)20-9-7-19(8-10-20)17(3)27-18(4)32/h5-10,13-14,17H,11-12H2,1-4H3,(H,27,32)(H,28,29,34). The van der Waals surface area contributed by atoms with Gasteiger partial charge in [-0.15, -0.1) is 11.3 Å². The minimum Gasteiger partial charge on any atom is -0.350 e. The molecule has 2 aromatic carbocycles. The van der Waals surface area contributed by atoms with Crippen molar-refractivity contribution in [2.75, 3.05) is 10.3 Å². The van der Waals surface area contributed by atoms with Crippen LogP contribution in [0.2, 0.25) is 0 Å². The van der Waals surface area contributed by atoms with E-state index in [1.807, 2.05) is 68.6 Å². The van der Waals surface area contributed by atoms with Gasteiger partial charge in [0, 0.05) is 30.7 Å². The largest absolute Gasteiger partial charge is 0.350 e. The average Bonchev–Trinajstić information content (AvgIpc) is 3.29. The van der Waals surface area contributed by atoms with Crippen molar-refractivity contribution in [3.8, 4) is 11.3 Å². The number of amides is 3. The molecule has 35 heavy (non-hydrogen) atoms. The lowest BCUT2D eigenvalue weighted by molar-refractivity contribution is -0.120. The van der Waals surface area contributed by atoms with Crippen LogP contribution >= 0.6 is 11.3 Å². The van der Waals surface area contributed by atoms with Crippen LogP contribution in [0.4, 0.5) is 10.8 Å². The molecule has 0 spiro atoms. The zero-order chi connectivity index (χ0) is 25.1. The SMILES string of the molecule is CC(=O)NC(C)c1ccc(-c2csc(NC(=O)C3=NN(c4cc(C)ccc4C)C(=O)CC3)n2)cc1. The van der Waals surface area contributed by atoms with Crippen molar-refractivity contribution in [3.63, 3.8) is 0 Å². The van der Waals surface area contributed by atoms with E-state index in [2.05, 4.69) is 20.7 Å². The smallest absolute Gasteiger partial charge is 0.273 e. The van der Waals surface area contributed by atoms with E-state index < -0.39 is 0 Å². The molecule has 2 N–H and O–H groups in total. The molecule has 0 aliphatic carbocycles. The van der Waals surface area contributed by atoms with Crippen LogP contribution < -0.4 is 15.6 Å². The lowest BCUT2D eigenvalue weighted by atomic mass is 10.1. The lowest BCUT2D eigenvalue weighted by Crippen LogP contribution is -2.36. The van der Waals surface area contributed by atoms with Crippen molar-refractivity contribution < 1.29 is 14.4 Å². The first kappa shape index (κ1) is 24.3. The lowest BCUT2D eigenvalue weighted by Gasteiger charge is -2.24. The number of anilines is 2. The molecule has 0 saturated carbocycles. The maximum Gasteiger partial charge on any atom is 0.273 e. The van der Waals surface area contributed by atoms with Gasteiger partial charge >= 0.3 is 0 Å². The molecule has 3 aromatic rings. The number of rotatable bonds is 6. The molecule has 0 fully saturated rings. The van der Waals surface area contributed by atoms with Crippen LogP contribution in [0.25, 0.3) is 11.3 Å². The molecule has 4 rings (SSSR count). The molecule has 1 atom stereocenters. The van der Waals surface area contributed by atoms with Gasteiger partial charge in [0.1, 0.15) is 5.71 Å². The molecule has 3 amide bonds. The zero-order valence-electron chi connectivity index (χ0n) is 20.1. The Morgan fingerprint density at radius 2 is 1.83 bits per heavy atom. The van der Waals surface area contributed by atoms with Gasteiger partial charge in [-0.25, -0.2) is 9.99 Å². The molecule has 0 radical (unpaired) electrons. The second kappa shape index (κ2) is 10.2. The fourth-order valence-corrected chi connectivity index (χ4v) is 4.53. The van der Waals surface area contributed by atoms with Gasteiger partial charge in [0.05, 0.1) is 17.4 Å². The Hall–Kier alpha value is -3.85. The summed E-state index contributed by atoms with van der Waals surface area (Å²) < 4.78 is 0. The van der Waals surface area contributed by atoms with E-state index >= 15 is 0 Å². The molecule has 1 aliphatic heterocycles. The Morgan fingerprint density at radius 3 is 2.54 bits per heavy atom. The normalized spacial score (nSPS) is 14.3. The Balaban J connectivity index is 1.47. The number of carbonyl (C=O) groups excluding carboxylic acids is 3. The molecular formula is C26H27N5O3S. The third-order valence-electron chi connectivity index (χ3n) is 5.74. The van der Waals surface area contributed by atoms with Gasteiger partial charge in [-0.3, -0.25) is 19.7 Å². The molecule has 0 bridgehead atoms. The molecule has 8 nitrogen and oxygen atoms in total. The highest BCUT2D eigenvalue weighted by Crippen LogP contribution is 2.28. The van der Waals surface area contributed by atoms with Crippen LogP contribution in [0.3, 0.4) is 0 Å². The molecule has 2 heterocycles. The summed E-state index contributed by atoms with van der Waals surface area (Å²) in [6.07, 6.45) is 0.490. The first-order chi connectivity index (χ1) is 16.7. The Morgan fingerprint density at radius 1 is 1.09 bits per heavy atom. The second-order valence-electron chi connectivity index (χ2n) is 8.58. The summed E-state index contributed by atoms with van der Waals surface area (Å²) in [5.41, 5.74) is 5.54. The number of hydrogen-bond donors (Lipinski definition) is 2. The summed E-state index contributed by atoms with van der Waals surface area (Å²) in [4.78, 5) is 41.2. The Labute approximate surface area is 208 Å². The zero-order valence-corrected chi connectivity index (χ0v) is 20.9. The average molecular weight is 490 g/mol. The molecule has 9 heteroatoms.